The van der Waals surface area contributed by atoms with E-state index in [2.05, 4.69) is 5.32 Å². The zero-order valence-electron chi connectivity index (χ0n) is 16.8. The lowest BCUT2D eigenvalue weighted by Crippen LogP contribution is -2.21. The maximum Gasteiger partial charge on any atom is 0.341 e. The molecule has 1 aliphatic carbocycles. The van der Waals surface area contributed by atoms with Crippen molar-refractivity contribution < 1.29 is 14.3 Å². The molecule has 1 N–H and O–H groups in total. The Balaban J connectivity index is 1.90. The highest BCUT2D eigenvalue weighted by atomic mass is 32.1. The Morgan fingerprint density at radius 1 is 1.11 bits per heavy atom. The zero-order valence-corrected chi connectivity index (χ0v) is 17.6. The van der Waals surface area contributed by atoms with E-state index in [0.717, 1.165) is 43.2 Å². The molecule has 0 fully saturated rings. The Kier molecular flexibility index (Phi) is 7.26. The minimum Gasteiger partial charge on any atom is -0.462 e. The fourth-order valence-corrected chi connectivity index (χ4v) is 5.05. The topological polar surface area (TPSA) is 55.4 Å². The number of fused-ring (bicyclic) bond motifs is 1. The molecule has 0 bridgehead atoms. The monoisotopic (exact) mass is 399 g/mol. The molecular formula is C23H29NO3S. The number of esters is 1. The quantitative estimate of drug-likeness (QED) is 0.479. The third-order valence-electron chi connectivity index (χ3n) is 5.23. The maximum atomic E-state index is 13.1. The van der Waals surface area contributed by atoms with Crippen molar-refractivity contribution >= 4 is 28.2 Å². The lowest BCUT2D eigenvalue weighted by atomic mass is 9.95. The number of carbonyl (C=O) groups excluding carboxylic acids is 2. The van der Waals surface area contributed by atoms with Gasteiger partial charge < -0.3 is 10.1 Å². The molecule has 150 valence electrons. The molecule has 0 radical (unpaired) electrons. The summed E-state index contributed by atoms with van der Waals surface area (Å²) in [7, 11) is 0. The van der Waals surface area contributed by atoms with Crippen molar-refractivity contribution in [2.24, 2.45) is 0 Å². The maximum absolute atomic E-state index is 13.1. The summed E-state index contributed by atoms with van der Waals surface area (Å²) in [5.41, 5.74) is 2.68. The molecule has 0 saturated carbocycles. The van der Waals surface area contributed by atoms with Gasteiger partial charge in [-0.1, -0.05) is 50.6 Å². The Bertz CT molecular complexity index is 813. The van der Waals surface area contributed by atoms with Gasteiger partial charge in [-0.15, -0.1) is 11.3 Å². The number of nitrogens with one attached hydrogen (secondary N) is 1. The van der Waals surface area contributed by atoms with E-state index >= 15 is 0 Å². The first-order chi connectivity index (χ1) is 13.7. The summed E-state index contributed by atoms with van der Waals surface area (Å²) in [6.07, 6.45) is 6.73. The van der Waals surface area contributed by atoms with Gasteiger partial charge in [-0.05, 0) is 49.7 Å². The number of hydrogen-bond donors (Lipinski definition) is 1. The molecule has 0 spiro atoms. The highest BCUT2D eigenvalue weighted by Gasteiger charge is 2.28. The van der Waals surface area contributed by atoms with Gasteiger partial charge >= 0.3 is 5.97 Å². The second-order valence-corrected chi connectivity index (χ2v) is 8.37. The Hall–Kier alpha value is -2.14. The lowest BCUT2D eigenvalue weighted by Gasteiger charge is -2.15. The van der Waals surface area contributed by atoms with E-state index in [1.807, 2.05) is 44.2 Å². The fraction of sp³-hybridized carbons (Fsp3) is 0.478. The molecule has 1 amide bonds. The SMILES string of the molecule is CCCOC(=O)c1c(NC(=O)C(CC)c2ccccc2)sc2c1CCCCC2. The van der Waals surface area contributed by atoms with Crippen molar-refractivity contribution in [2.75, 3.05) is 11.9 Å². The van der Waals surface area contributed by atoms with Crippen LogP contribution in [0.4, 0.5) is 5.00 Å². The van der Waals surface area contributed by atoms with Crippen molar-refractivity contribution in [3.8, 4) is 0 Å². The van der Waals surface area contributed by atoms with Gasteiger partial charge in [-0.25, -0.2) is 4.79 Å². The fourth-order valence-electron chi connectivity index (χ4n) is 3.77. The second-order valence-electron chi connectivity index (χ2n) is 7.27. The molecule has 3 rings (SSSR count). The van der Waals surface area contributed by atoms with Crippen LogP contribution in [-0.2, 0) is 22.4 Å². The van der Waals surface area contributed by atoms with E-state index in [4.69, 9.17) is 4.74 Å². The van der Waals surface area contributed by atoms with E-state index < -0.39 is 0 Å². The number of ether oxygens (including phenoxy) is 1. The third kappa shape index (κ3) is 4.64. The zero-order chi connectivity index (χ0) is 19.9. The number of anilines is 1. The van der Waals surface area contributed by atoms with Gasteiger partial charge in [0.25, 0.3) is 0 Å². The molecule has 1 atom stereocenters. The molecule has 1 heterocycles. The second kappa shape index (κ2) is 9.87. The largest absolute Gasteiger partial charge is 0.462 e. The highest BCUT2D eigenvalue weighted by molar-refractivity contribution is 7.17. The standard InChI is InChI=1S/C23H29NO3S/c1-3-15-27-23(26)20-18-13-9-6-10-14-19(18)28-22(20)24-21(25)17(4-2)16-11-7-5-8-12-16/h5,7-8,11-12,17H,3-4,6,9-10,13-15H2,1-2H3,(H,24,25). The van der Waals surface area contributed by atoms with Gasteiger partial charge in [-0.2, -0.15) is 0 Å². The molecular weight excluding hydrogens is 370 g/mol. The number of rotatable bonds is 7. The van der Waals surface area contributed by atoms with Crippen LogP contribution < -0.4 is 5.32 Å². The van der Waals surface area contributed by atoms with Gasteiger partial charge in [-0.3, -0.25) is 4.79 Å². The Morgan fingerprint density at radius 3 is 2.57 bits per heavy atom. The van der Waals surface area contributed by atoms with E-state index in [-0.39, 0.29) is 17.8 Å². The molecule has 5 heteroatoms. The van der Waals surface area contributed by atoms with Crippen LogP contribution in [0.5, 0.6) is 0 Å². The molecule has 1 aromatic heterocycles. The molecule has 1 aromatic carbocycles. The minimum absolute atomic E-state index is 0.0605. The predicted octanol–water partition coefficient (Wildman–Crippen LogP) is 5.72. The van der Waals surface area contributed by atoms with Crippen LogP contribution in [0.2, 0.25) is 0 Å². The third-order valence-corrected chi connectivity index (χ3v) is 6.43. The number of thiophene rings is 1. The van der Waals surface area contributed by atoms with Crippen LogP contribution in [0.25, 0.3) is 0 Å². The first-order valence-electron chi connectivity index (χ1n) is 10.3. The van der Waals surface area contributed by atoms with Crippen molar-refractivity contribution in [1.82, 2.24) is 0 Å². The molecule has 1 unspecified atom stereocenters. The average Bonchev–Trinajstić information content (AvgIpc) is 2.88. The van der Waals surface area contributed by atoms with Crippen LogP contribution in [0.1, 0.15) is 78.2 Å². The van der Waals surface area contributed by atoms with Crippen LogP contribution in [-0.4, -0.2) is 18.5 Å². The molecule has 0 saturated heterocycles. The van der Waals surface area contributed by atoms with E-state index in [0.29, 0.717) is 23.6 Å². The summed E-state index contributed by atoms with van der Waals surface area (Å²) in [6, 6.07) is 9.81. The van der Waals surface area contributed by atoms with Crippen LogP contribution >= 0.6 is 11.3 Å². The number of amides is 1. The molecule has 1 aliphatic rings. The average molecular weight is 400 g/mol. The molecule has 4 nitrogen and oxygen atoms in total. The Labute approximate surface area is 171 Å². The van der Waals surface area contributed by atoms with Crippen molar-refractivity contribution in [2.45, 2.75) is 64.7 Å². The smallest absolute Gasteiger partial charge is 0.341 e. The summed E-state index contributed by atoms with van der Waals surface area (Å²) in [5, 5.41) is 3.73. The van der Waals surface area contributed by atoms with Gasteiger partial charge in [0, 0.05) is 4.88 Å². The summed E-state index contributed by atoms with van der Waals surface area (Å²) >= 11 is 1.56. The van der Waals surface area contributed by atoms with E-state index in [9.17, 15) is 9.59 Å². The first-order valence-corrected chi connectivity index (χ1v) is 11.1. The summed E-state index contributed by atoms with van der Waals surface area (Å²) < 4.78 is 5.45. The van der Waals surface area contributed by atoms with Gasteiger partial charge in [0.05, 0.1) is 18.1 Å². The molecule has 2 aromatic rings. The number of carbonyl (C=O) groups is 2. The number of hydrogen-bond acceptors (Lipinski definition) is 4. The van der Waals surface area contributed by atoms with E-state index in [1.54, 1.807) is 11.3 Å². The van der Waals surface area contributed by atoms with Crippen LogP contribution in [0.3, 0.4) is 0 Å². The number of aryl methyl sites for hydroxylation is 1. The molecule has 28 heavy (non-hydrogen) atoms. The van der Waals surface area contributed by atoms with Crippen molar-refractivity contribution in [3.05, 3.63) is 51.9 Å². The van der Waals surface area contributed by atoms with Crippen molar-refractivity contribution in [1.29, 1.82) is 0 Å². The lowest BCUT2D eigenvalue weighted by molar-refractivity contribution is -0.117. The van der Waals surface area contributed by atoms with Gasteiger partial charge in [0.2, 0.25) is 5.91 Å². The predicted molar refractivity (Wildman–Crippen MR) is 114 cm³/mol. The summed E-state index contributed by atoms with van der Waals surface area (Å²) in [6.45, 7) is 4.39. The van der Waals surface area contributed by atoms with Gasteiger partial charge in [0.15, 0.2) is 0 Å². The normalized spacial score (nSPS) is 14.6. The van der Waals surface area contributed by atoms with E-state index in [1.165, 1.54) is 11.3 Å². The van der Waals surface area contributed by atoms with Crippen LogP contribution in [0.15, 0.2) is 30.3 Å². The first kappa shape index (κ1) is 20.6. The summed E-state index contributed by atoms with van der Waals surface area (Å²) in [4.78, 5) is 27.1. The van der Waals surface area contributed by atoms with Crippen molar-refractivity contribution in [3.63, 3.8) is 0 Å². The highest BCUT2D eigenvalue weighted by Crippen LogP contribution is 2.38. The number of benzene rings is 1. The summed E-state index contributed by atoms with van der Waals surface area (Å²) in [5.74, 6) is -0.596. The minimum atomic E-state index is -0.302. The Morgan fingerprint density at radius 2 is 1.86 bits per heavy atom. The molecule has 0 aliphatic heterocycles. The van der Waals surface area contributed by atoms with Gasteiger partial charge in [0.1, 0.15) is 5.00 Å². The van der Waals surface area contributed by atoms with Crippen LogP contribution in [0, 0.1) is 0 Å².